The first-order valence-electron chi connectivity index (χ1n) is 6.03. The second kappa shape index (κ2) is 6.38. The maximum absolute atomic E-state index is 13.2. The van der Waals surface area contributed by atoms with Gasteiger partial charge in [0.1, 0.15) is 11.6 Å². The Hall–Kier alpha value is -1.58. The Morgan fingerprint density at radius 2 is 1.89 bits per heavy atom. The zero-order valence-electron chi connectivity index (χ0n) is 11.2. The number of halogens is 1. The van der Waals surface area contributed by atoms with Crippen LogP contribution in [-0.4, -0.2) is 18.2 Å². The molecule has 18 heavy (non-hydrogen) atoms. The van der Waals surface area contributed by atoms with Crippen molar-refractivity contribution >= 4 is 5.97 Å². The molecule has 0 heterocycles. The SMILES string of the molecule is CC(C)OC(=O)Cc1cc(F)ccc1OC(C)C. The summed E-state index contributed by atoms with van der Waals surface area (Å²) in [5.41, 5.74) is 0.509. The number of carbonyl (C=O) groups is 1. The summed E-state index contributed by atoms with van der Waals surface area (Å²) in [4.78, 5) is 11.6. The highest BCUT2D eigenvalue weighted by molar-refractivity contribution is 5.73. The Balaban J connectivity index is 2.84. The van der Waals surface area contributed by atoms with Gasteiger partial charge in [-0.3, -0.25) is 4.79 Å². The monoisotopic (exact) mass is 254 g/mol. The van der Waals surface area contributed by atoms with E-state index in [1.54, 1.807) is 13.8 Å². The van der Waals surface area contributed by atoms with Gasteiger partial charge in [0.2, 0.25) is 0 Å². The third-order valence-corrected chi connectivity index (χ3v) is 2.09. The van der Waals surface area contributed by atoms with Crippen molar-refractivity contribution in [2.75, 3.05) is 0 Å². The molecule has 0 aliphatic heterocycles. The minimum absolute atomic E-state index is 0.0119. The quantitative estimate of drug-likeness (QED) is 0.757. The van der Waals surface area contributed by atoms with Crippen molar-refractivity contribution in [1.82, 2.24) is 0 Å². The molecule has 1 rings (SSSR count). The van der Waals surface area contributed by atoms with Gasteiger partial charge in [-0.25, -0.2) is 4.39 Å². The molecule has 3 nitrogen and oxygen atoms in total. The summed E-state index contributed by atoms with van der Waals surface area (Å²) in [6.07, 6.45) is -0.200. The first-order valence-corrected chi connectivity index (χ1v) is 6.03. The van der Waals surface area contributed by atoms with E-state index in [-0.39, 0.29) is 24.6 Å². The van der Waals surface area contributed by atoms with E-state index in [2.05, 4.69) is 0 Å². The van der Waals surface area contributed by atoms with Gasteiger partial charge in [-0.1, -0.05) is 0 Å². The van der Waals surface area contributed by atoms with Crippen molar-refractivity contribution < 1.29 is 18.7 Å². The van der Waals surface area contributed by atoms with Gasteiger partial charge in [0, 0.05) is 5.56 Å². The van der Waals surface area contributed by atoms with Crippen LogP contribution in [0.25, 0.3) is 0 Å². The van der Waals surface area contributed by atoms with E-state index < -0.39 is 5.82 Å². The van der Waals surface area contributed by atoms with Crippen LogP contribution in [0.4, 0.5) is 4.39 Å². The predicted octanol–water partition coefficient (Wildman–Crippen LogP) is 3.11. The Morgan fingerprint density at radius 3 is 2.44 bits per heavy atom. The maximum atomic E-state index is 13.2. The van der Waals surface area contributed by atoms with E-state index in [1.807, 2.05) is 13.8 Å². The standard InChI is InChI=1S/C14H19FO3/c1-9(2)17-13-6-5-12(15)7-11(13)8-14(16)18-10(3)4/h5-7,9-10H,8H2,1-4H3. The van der Waals surface area contributed by atoms with Gasteiger partial charge in [0.15, 0.2) is 0 Å². The molecule has 0 N–H and O–H groups in total. The smallest absolute Gasteiger partial charge is 0.310 e. The zero-order chi connectivity index (χ0) is 13.7. The van der Waals surface area contributed by atoms with Crippen LogP contribution in [0.2, 0.25) is 0 Å². The van der Waals surface area contributed by atoms with Crippen molar-refractivity contribution in [2.24, 2.45) is 0 Å². The molecule has 1 aromatic carbocycles. The fourth-order valence-electron chi connectivity index (χ4n) is 1.52. The molecule has 0 spiro atoms. The van der Waals surface area contributed by atoms with Gasteiger partial charge in [-0.05, 0) is 45.9 Å². The molecule has 0 amide bonds. The Bertz CT molecular complexity index is 414. The molecule has 0 aliphatic rings. The maximum Gasteiger partial charge on any atom is 0.310 e. The van der Waals surface area contributed by atoms with E-state index in [4.69, 9.17) is 9.47 Å². The Kier molecular flexibility index (Phi) is 5.13. The fraction of sp³-hybridized carbons (Fsp3) is 0.500. The fourth-order valence-corrected chi connectivity index (χ4v) is 1.52. The van der Waals surface area contributed by atoms with Crippen LogP contribution < -0.4 is 4.74 Å². The van der Waals surface area contributed by atoms with Crippen LogP contribution in [0.5, 0.6) is 5.75 Å². The second-order valence-corrected chi connectivity index (χ2v) is 4.63. The van der Waals surface area contributed by atoms with Crippen LogP contribution in [0.3, 0.4) is 0 Å². The zero-order valence-corrected chi connectivity index (χ0v) is 11.2. The van der Waals surface area contributed by atoms with Crippen LogP contribution in [-0.2, 0) is 16.0 Å². The van der Waals surface area contributed by atoms with Gasteiger partial charge in [0.05, 0.1) is 18.6 Å². The number of rotatable bonds is 5. The molecule has 0 fully saturated rings. The third kappa shape index (κ3) is 4.73. The molecule has 4 heteroatoms. The van der Waals surface area contributed by atoms with E-state index in [9.17, 15) is 9.18 Å². The lowest BCUT2D eigenvalue weighted by Crippen LogP contribution is -2.15. The number of hydrogen-bond donors (Lipinski definition) is 0. The highest BCUT2D eigenvalue weighted by Crippen LogP contribution is 2.22. The Labute approximate surface area is 107 Å². The van der Waals surface area contributed by atoms with Gasteiger partial charge in [0.25, 0.3) is 0 Å². The molecular formula is C14H19FO3. The third-order valence-electron chi connectivity index (χ3n) is 2.09. The van der Waals surface area contributed by atoms with E-state index >= 15 is 0 Å². The number of hydrogen-bond acceptors (Lipinski definition) is 3. The average molecular weight is 254 g/mol. The van der Waals surface area contributed by atoms with Crippen molar-refractivity contribution in [1.29, 1.82) is 0 Å². The molecule has 100 valence electrons. The van der Waals surface area contributed by atoms with Crippen molar-refractivity contribution in [3.63, 3.8) is 0 Å². The molecule has 0 aromatic heterocycles. The lowest BCUT2D eigenvalue weighted by atomic mass is 10.1. The molecule has 0 unspecified atom stereocenters. The van der Waals surface area contributed by atoms with Crippen molar-refractivity contribution in [3.05, 3.63) is 29.6 Å². The van der Waals surface area contributed by atoms with Crippen LogP contribution >= 0.6 is 0 Å². The summed E-state index contributed by atoms with van der Waals surface area (Å²) in [6, 6.07) is 4.15. The van der Waals surface area contributed by atoms with Gasteiger partial charge >= 0.3 is 5.97 Å². The average Bonchev–Trinajstić information content (AvgIpc) is 2.20. The highest BCUT2D eigenvalue weighted by atomic mass is 19.1. The van der Waals surface area contributed by atoms with Crippen molar-refractivity contribution in [3.8, 4) is 5.75 Å². The summed E-state index contributed by atoms with van der Waals surface area (Å²) < 4.78 is 23.8. The second-order valence-electron chi connectivity index (χ2n) is 4.63. The molecular weight excluding hydrogens is 235 g/mol. The summed E-state index contributed by atoms with van der Waals surface area (Å²) in [6.45, 7) is 7.29. The molecule has 0 saturated carbocycles. The molecule has 1 aromatic rings. The molecule has 0 atom stereocenters. The summed E-state index contributed by atoms with van der Waals surface area (Å²) >= 11 is 0. The van der Waals surface area contributed by atoms with Gasteiger partial charge < -0.3 is 9.47 Å². The predicted molar refractivity (Wildman–Crippen MR) is 67.1 cm³/mol. The number of benzene rings is 1. The molecule has 0 radical (unpaired) electrons. The topological polar surface area (TPSA) is 35.5 Å². The van der Waals surface area contributed by atoms with E-state index in [0.29, 0.717) is 11.3 Å². The lowest BCUT2D eigenvalue weighted by molar-refractivity contribution is -0.146. The number of carbonyl (C=O) groups excluding carboxylic acids is 1. The largest absolute Gasteiger partial charge is 0.491 e. The summed E-state index contributed by atoms with van der Waals surface area (Å²) in [5.74, 6) is -0.255. The van der Waals surface area contributed by atoms with E-state index in [0.717, 1.165) is 0 Å². The molecule has 0 aliphatic carbocycles. The number of esters is 1. The Morgan fingerprint density at radius 1 is 1.22 bits per heavy atom. The molecule has 0 saturated heterocycles. The van der Waals surface area contributed by atoms with Gasteiger partial charge in [-0.15, -0.1) is 0 Å². The van der Waals surface area contributed by atoms with Crippen LogP contribution in [0.1, 0.15) is 33.3 Å². The normalized spacial score (nSPS) is 10.8. The van der Waals surface area contributed by atoms with Gasteiger partial charge in [-0.2, -0.15) is 0 Å². The van der Waals surface area contributed by atoms with Crippen LogP contribution in [0.15, 0.2) is 18.2 Å². The van der Waals surface area contributed by atoms with Crippen molar-refractivity contribution in [2.45, 2.75) is 46.3 Å². The summed E-state index contributed by atoms with van der Waals surface area (Å²) in [5, 5.41) is 0. The minimum atomic E-state index is -0.390. The highest BCUT2D eigenvalue weighted by Gasteiger charge is 2.13. The molecule has 0 bridgehead atoms. The first kappa shape index (κ1) is 14.5. The summed E-state index contributed by atoms with van der Waals surface area (Å²) in [7, 11) is 0. The number of ether oxygens (including phenoxy) is 2. The lowest BCUT2D eigenvalue weighted by Gasteiger charge is -2.14. The van der Waals surface area contributed by atoms with Crippen LogP contribution in [0, 0.1) is 5.82 Å². The minimum Gasteiger partial charge on any atom is -0.491 e. The van der Waals surface area contributed by atoms with E-state index in [1.165, 1.54) is 18.2 Å². The first-order chi connectivity index (χ1) is 8.38.